The first-order chi connectivity index (χ1) is 10.1. The monoisotopic (exact) mass is 310 g/mol. The topological polar surface area (TPSA) is 50.8 Å². The summed E-state index contributed by atoms with van der Waals surface area (Å²) in [6.07, 6.45) is 0. The van der Waals surface area contributed by atoms with E-state index in [1.807, 2.05) is 37.1 Å². The third kappa shape index (κ3) is 3.27. The lowest BCUT2D eigenvalue weighted by molar-refractivity contribution is -0.129. The molecular formula is C15H22N2O3S. The molecule has 116 valence electrons. The zero-order chi connectivity index (χ0) is 15.4. The molecule has 0 radical (unpaired) electrons. The number of rotatable bonds is 6. The van der Waals surface area contributed by atoms with Gasteiger partial charge in [0.15, 0.2) is 11.5 Å². The maximum absolute atomic E-state index is 12.3. The smallest absolute Gasteiger partial charge is 0.236 e. The normalized spacial score (nSPS) is 21.7. The molecule has 2 atom stereocenters. The Bertz CT molecular complexity index is 510. The van der Waals surface area contributed by atoms with Gasteiger partial charge in [-0.25, -0.2) is 0 Å². The van der Waals surface area contributed by atoms with Crippen molar-refractivity contribution >= 4 is 17.7 Å². The first kappa shape index (κ1) is 16.0. The van der Waals surface area contributed by atoms with E-state index in [1.165, 1.54) is 0 Å². The Hall–Kier alpha value is -1.40. The van der Waals surface area contributed by atoms with E-state index in [9.17, 15) is 4.79 Å². The first-order valence-electron chi connectivity index (χ1n) is 6.94. The van der Waals surface area contributed by atoms with Crippen molar-refractivity contribution < 1.29 is 14.3 Å². The van der Waals surface area contributed by atoms with Crippen molar-refractivity contribution in [3.8, 4) is 11.5 Å². The van der Waals surface area contributed by atoms with Crippen molar-refractivity contribution in [1.29, 1.82) is 0 Å². The van der Waals surface area contributed by atoms with Crippen LogP contribution in [-0.2, 0) is 4.79 Å². The number of thioether (sulfide) groups is 1. The van der Waals surface area contributed by atoms with Crippen molar-refractivity contribution in [1.82, 2.24) is 10.2 Å². The molecule has 21 heavy (non-hydrogen) atoms. The Morgan fingerprint density at radius 2 is 2.00 bits per heavy atom. The second-order valence-corrected chi connectivity index (χ2v) is 6.31. The molecule has 1 aromatic carbocycles. The van der Waals surface area contributed by atoms with E-state index in [2.05, 4.69) is 5.32 Å². The number of methoxy groups -OCH3 is 2. The fourth-order valence-corrected chi connectivity index (χ4v) is 3.70. The van der Waals surface area contributed by atoms with Gasteiger partial charge in [0.1, 0.15) is 5.37 Å². The standard InChI is InChI=1S/C15H22N2O3S/c1-10-14(18)17(8-7-16-2)15(21-10)11-5-6-12(19-3)13(9-11)20-4/h5-6,9-10,15-16H,7-8H2,1-4H3/t10-,15+/m0/s1. The molecule has 1 heterocycles. The summed E-state index contributed by atoms with van der Waals surface area (Å²) in [6.45, 7) is 3.44. The van der Waals surface area contributed by atoms with E-state index in [1.54, 1.807) is 26.0 Å². The lowest BCUT2D eigenvalue weighted by atomic mass is 10.1. The average Bonchev–Trinajstić information content (AvgIpc) is 2.79. The SMILES string of the molecule is CNCCN1C(=O)[C@H](C)S[C@@H]1c1ccc(OC)c(OC)c1. The molecule has 2 rings (SSSR count). The van der Waals surface area contributed by atoms with Crippen LogP contribution in [-0.4, -0.2) is 50.4 Å². The van der Waals surface area contributed by atoms with E-state index in [4.69, 9.17) is 9.47 Å². The third-order valence-corrected chi connectivity index (χ3v) is 4.94. The van der Waals surface area contributed by atoms with Crippen molar-refractivity contribution in [2.75, 3.05) is 34.4 Å². The number of likely N-dealkylation sites (N-methyl/N-ethyl adjacent to an activating group) is 1. The zero-order valence-electron chi connectivity index (χ0n) is 12.9. The Morgan fingerprint density at radius 1 is 1.29 bits per heavy atom. The van der Waals surface area contributed by atoms with Gasteiger partial charge in [-0.05, 0) is 31.7 Å². The van der Waals surface area contributed by atoms with E-state index >= 15 is 0 Å². The van der Waals surface area contributed by atoms with E-state index in [-0.39, 0.29) is 16.5 Å². The molecule has 5 nitrogen and oxygen atoms in total. The molecule has 0 bridgehead atoms. The summed E-state index contributed by atoms with van der Waals surface area (Å²) >= 11 is 1.67. The summed E-state index contributed by atoms with van der Waals surface area (Å²) in [5, 5.41) is 3.11. The van der Waals surface area contributed by atoms with E-state index < -0.39 is 0 Å². The maximum atomic E-state index is 12.3. The molecule has 0 aliphatic carbocycles. The molecule has 1 aliphatic heterocycles. The summed E-state index contributed by atoms with van der Waals surface area (Å²) in [4.78, 5) is 14.2. The third-order valence-electron chi connectivity index (χ3n) is 3.54. The first-order valence-corrected chi connectivity index (χ1v) is 7.89. The van der Waals surface area contributed by atoms with Crippen LogP contribution in [0, 0.1) is 0 Å². The Balaban J connectivity index is 2.28. The predicted octanol–water partition coefficient (Wildman–Crippen LogP) is 1.89. The van der Waals surface area contributed by atoms with Gasteiger partial charge in [0, 0.05) is 13.1 Å². The number of nitrogens with one attached hydrogen (secondary N) is 1. The van der Waals surface area contributed by atoms with Crippen LogP contribution in [0.3, 0.4) is 0 Å². The zero-order valence-corrected chi connectivity index (χ0v) is 13.7. The van der Waals surface area contributed by atoms with Crippen molar-refractivity contribution in [2.45, 2.75) is 17.5 Å². The molecule has 1 fully saturated rings. The van der Waals surface area contributed by atoms with Gasteiger partial charge in [0.25, 0.3) is 0 Å². The number of hydrogen-bond acceptors (Lipinski definition) is 5. The molecule has 6 heteroatoms. The van der Waals surface area contributed by atoms with E-state index in [0.717, 1.165) is 12.1 Å². The highest BCUT2D eigenvalue weighted by atomic mass is 32.2. The van der Waals surface area contributed by atoms with Crippen molar-refractivity contribution in [2.24, 2.45) is 0 Å². The predicted molar refractivity (Wildman–Crippen MR) is 85.0 cm³/mol. The lowest BCUT2D eigenvalue weighted by Crippen LogP contribution is -2.35. The van der Waals surface area contributed by atoms with Gasteiger partial charge in [0.2, 0.25) is 5.91 Å². The summed E-state index contributed by atoms with van der Waals surface area (Å²) in [7, 11) is 5.13. The van der Waals surface area contributed by atoms with Gasteiger partial charge in [0.05, 0.1) is 19.5 Å². The fourth-order valence-electron chi connectivity index (χ4n) is 2.40. The highest BCUT2D eigenvalue weighted by molar-refractivity contribution is 8.01. The average molecular weight is 310 g/mol. The molecular weight excluding hydrogens is 288 g/mol. The minimum atomic E-state index is -0.0139. The second kappa shape index (κ2) is 7.04. The van der Waals surface area contributed by atoms with Crippen LogP contribution in [0.5, 0.6) is 11.5 Å². The van der Waals surface area contributed by atoms with Crippen LogP contribution in [0.15, 0.2) is 18.2 Å². The molecule has 1 saturated heterocycles. The largest absolute Gasteiger partial charge is 0.493 e. The van der Waals surface area contributed by atoms with Gasteiger partial charge in [-0.1, -0.05) is 6.07 Å². The molecule has 1 aliphatic rings. The molecule has 0 saturated carbocycles. The molecule has 1 N–H and O–H groups in total. The highest BCUT2D eigenvalue weighted by Crippen LogP contribution is 2.44. The van der Waals surface area contributed by atoms with Crippen LogP contribution in [0.4, 0.5) is 0 Å². The number of benzene rings is 1. The minimum absolute atomic E-state index is 0.0139. The maximum Gasteiger partial charge on any atom is 0.236 e. The molecule has 1 aromatic rings. The second-order valence-electron chi connectivity index (χ2n) is 4.88. The van der Waals surface area contributed by atoms with Crippen LogP contribution >= 0.6 is 11.8 Å². The van der Waals surface area contributed by atoms with Gasteiger partial charge < -0.3 is 19.7 Å². The van der Waals surface area contributed by atoms with Crippen LogP contribution in [0.2, 0.25) is 0 Å². The summed E-state index contributed by atoms with van der Waals surface area (Å²) < 4.78 is 10.6. The number of ether oxygens (including phenoxy) is 2. The van der Waals surface area contributed by atoms with Gasteiger partial charge in [-0.15, -0.1) is 11.8 Å². The number of hydrogen-bond donors (Lipinski definition) is 1. The van der Waals surface area contributed by atoms with Gasteiger partial charge in [-0.3, -0.25) is 4.79 Å². The molecule has 1 amide bonds. The Morgan fingerprint density at radius 3 is 2.62 bits per heavy atom. The number of nitrogens with zero attached hydrogens (tertiary/aromatic N) is 1. The number of amides is 1. The number of carbonyl (C=O) groups excluding carboxylic acids is 1. The quantitative estimate of drug-likeness (QED) is 0.869. The van der Waals surface area contributed by atoms with Crippen molar-refractivity contribution in [3.05, 3.63) is 23.8 Å². The highest BCUT2D eigenvalue weighted by Gasteiger charge is 2.38. The number of carbonyl (C=O) groups is 1. The van der Waals surface area contributed by atoms with Gasteiger partial charge >= 0.3 is 0 Å². The van der Waals surface area contributed by atoms with Crippen LogP contribution < -0.4 is 14.8 Å². The van der Waals surface area contributed by atoms with E-state index in [0.29, 0.717) is 18.0 Å². The van der Waals surface area contributed by atoms with Crippen molar-refractivity contribution in [3.63, 3.8) is 0 Å². The molecule has 0 aromatic heterocycles. The molecule has 0 unspecified atom stereocenters. The lowest BCUT2D eigenvalue weighted by Gasteiger charge is -2.24. The van der Waals surface area contributed by atoms with Crippen LogP contribution in [0.25, 0.3) is 0 Å². The van der Waals surface area contributed by atoms with Gasteiger partial charge in [-0.2, -0.15) is 0 Å². The van der Waals surface area contributed by atoms with Crippen LogP contribution in [0.1, 0.15) is 17.9 Å². The molecule has 0 spiro atoms. The summed E-state index contributed by atoms with van der Waals surface area (Å²) in [5.74, 6) is 1.58. The Kier molecular flexibility index (Phi) is 5.36. The fraction of sp³-hybridized carbons (Fsp3) is 0.533. The summed E-state index contributed by atoms with van der Waals surface area (Å²) in [5.41, 5.74) is 1.06. The summed E-state index contributed by atoms with van der Waals surface area (Å²) in [6, 6.07) is 5.84. The minimum Gasteiger partial charge on any atom is -0.493 e. The Labute approximate surface area is 130 Å².